The summed E-state index contributed by atoms with van der Waals surface area (Å²) >= 11 is 0. The summed E-state index contributed by atoms with van der Waals surface area (Å²) in [6.07, 6.45) is 12.3. The molecule has 4 nitrogen and oxygen atoms in total. The number of likely N-dealkylation sites (tertiary alicyclic amines) is 1. The third-order valence-electron chi connectivity index (χ3n) is 5.55. The Morgan fingerprint density at radius 2 is 2.00 bits per heavy atom. The molecule has 0 radical (unpaired) electrons. The summed E-state index contributed by atoms with van der Waals surface area (Å²) < 4.78 is 2.49. The zero-order chi connectivity index (χ0) is 14.9. The summed E-state index contributed by atoms with van der Waals surface area (Å²) in [5, 5.41) is 0. The molecule has 2 fully saturated rings. The molecular formula is C18H26N4. The second-order valence-electron chi connectivity index (χ2n) is 7.02. The normalized spacial score (nSPS) is 24.3. The summed E-state index contributed by atoms with van der Waals surface area (Å²) in [7, 11) is 2.25. The number of pyridine rings is 1. The maximum Gasteiger partial charge on any atom is 0.160 e. The van der Waals surface area contributed by atoms with Crippen LogP contribution < -0.4 is 0 Å². The number of nitrogens with zero attached hydrogens (tertiary/aromatic N) is 4. The van der Waals surface area contributed by atoms with Gasteiger partial charge in [-0.3, -0.25) is 0 Å². The highest BCUT2D eigenvalue weighted by Crippen LogP contribution is 2.33. The Morgan fingerprint density at radius 1 is 1.14 bits per heavy atom. The van der Waals surface area contributed by atoms with E-state index in [0.29, 0.717) is 12.1 Å². The third-order valence-corrected chi connectivity index (χ3v) is 5.55. The third kappa shape index (κ3) is 2.54. The average molecular weight is 298 g/mol. The molecular weight excluding hydrogens is 272 g/mol. The Kier molecular flexibility index (Phi) is 3.87. The maximum atomic E-state index is 4.96. The Labute approximate surface area is 132 Å². The van der Waals surface area contributed by atoms with Gasteiger partial charge in [-0.1, -0.05) is 19.3 Å². The SMILES string of the molecule is CN1CCCC1Cc1nc2cccnc2n1C1CCCCC1. The van der Waals surface area contributed by atoms with Gasteiger partial charge < -0.3 is 9.47 Å². The number of hydrogen-bond donors (Lipinski definition) is 0. The van der Waals surface area contributed by atoms with Crippen LogP contribution in [0.15, 0.2) is 18.3 Å². The summed E-state index contributed by atoms with van der Waals surface area (Å²) in [6, 6.07) is 5.38. The van der Waals surface area contributed by atoms with E-state index in [4.69, 9.17) is 4.98 Å². The predicted octanol–water partition coefficient (Wildman–Crippen LogP) is 3.57. The fourth-order valence-electron chi connectivity index (χ4n) is 4.29. The van der Waals surface area contributed by atoms with E-state index < -0.39 is 0 Å². The molecule has 2 aliphatic rings. The van der Waals surface area contributed by atoms with E-state index >= 15 is 0 Å². The maximum absolute atomic E-state index is 4.96. The number of rotatable bonds is 3. The molecule has 0 N–H and O–H groups in total. The summed E-state index contributed by atoms with van der Waals surface area (Å²) in [6.45, 7) is 1.23. The smallest absolute Gasteiger partial charge is 0.160 e. The van der Waals surface area contributed by atoms with Crippen LogP contribution in [0.4, 0.5) is 0 Å². The van der Waals surface area contributed by atoms with Crippen molar-refractivity contribution in [2.24, 2.45) is 0 Å². The number of aromatic nitrogens is 3. The van der Waals surface area contributed by atoms with Gasteiger partial charge in [-0.15, -0.1) is 0 Å². The Balaban J connectivity index is 1.72. The first-order chi connectivity index (χ1) is 10.8. The summed E-state index contributed by atoms with van der Waals surface area (Å²) in [5.74, 6) is 1.26. The molecule has 22 heavy (non-hydrogen) atoms. The lowest BCUT2D eigenvalue weighted by Crippen LogP contribution is -2.29. The minimum absolute atomic E-state index is 0.607. The number of hydrogen-bond acceptors (Lipinski definition) is 3. The van der Waals surface area contributed by atoms with Crippen LogP contribution in [-0.2, 0) is 6.42 Å². The highest BCUT2D eigenvalue weighted by molar-refractivity contribution is 5.71. The van der Waals surface area contributed by atoms with Crippen molar-refractivity contribution >= 4 is 11.2 Å². The average Bonchev–Trinajstić information content (AvgIpc) is 3.12. The molecule has 0 bridgehead atoms. The lowest BCUT2D eigenvalue weighted by Gasteiger charge is -2.26. The van der Waals surface area contributed by atoms with Crippen molar-refractivity contribution < 1.29 is 0 Å². The molecule has 3 heterocycles. The highest BCUT2D eigenvalue weighted by Gasteiger charge is 2.27. The topological polar surface area (TPSA) is 34.0 Å². The van der Waals surface area contributed by atoms with Crippen molar-refractivity contribution in [3.05, 3.63) is 24.2 Å². The van der Waals surface area contributed by atoms with Crippen LogP contribution in [0.1, 0.15) is 56.8 Å². The van der Waals surface area contributed by atoms with Crippen molar-refractivity contribution in [2.75, 3.05) is 13.6 Å². The minimum atomic E-state index is 0.607. The van der Waals surface area contributed by atoms with Gasteiger partial charge in [0.15, 0.2) is 5.65 Å². The molecule has 1 aliphatic heterocycles. The van der Waals surface area contributed by atoms with E-state index in [1.807, 2.05) is 12.3 Å². The lowest BCUT2D eigenvalue weighted by atomic mass is 9.95. The molecule has 1 aliphatic carbocycles. The molecule has 2 aromatic heterocycles. The van der Waals surface area contributed by atoms with Gasteiger partial charge in [0.05, 0.1) is 0 Å². The first kappa shape index (κ1) is 14.2. The molecule has 4 rings (SSSR count). The zero-order valence-electron chi connectivity index (χ0n) is 13.5. The molecule has 0 aromatic carbocycles. The fraction of sp³-hybridized carbons (Fsp3) is 0.667. The van der Waals surface area contributed by atoms with Crippen LogP contribution in [0.5, 0.6) is 0 Å². The largest absolute Gasteiger partial charge is 0.310 e. The van der Waals surface area contributed by atoms with Crippen LogP contribution in [0, 0.1) is 0 Å². The van der Waals surface area contributed by atoms with Gasteiger partial charge in [-0.25, -0.2) is 9.97 Å². The number of imidazole rings is 1. The van der Waals surface area contributed by atoms with Crippen molar-refractivity contribution in [1.29, 1.82) is 0 Å². The minimum Gasteiger partial charge on any atom is -0.310 e. The van der Waals surface area contributed by atoms with Crippen LogP contribution in [0.25, 0.3) is 11.2 Å². The Morgan fingerprint density at radius 3 is 2.77 bits per heavy atom. The van der Waals surface area contributed by atoms with Gasteiger partial charge in [0.1, 0.15) is 11.3 Å². The zero-order valence-corrected chi connectivity index (χ0v) is 13.5. The van der Waals surface area contributed by atoms with E-state index in [2.05, 4.69) is 27.6 Å². The van der Waals surface area contributed by atoms with Gasteiger partial charge in [0.2, 0.25) is 0 Å². The lowest BCUT2D eigenvalue weighted by molar-refractivity contribution is 0.294. The van der Waals surface area contributed by atoms with E-state index in [1.165, 1.54) is 57.3 Å². The molecule has 2 aromatic rings. The van der Waals surface area contributed by atoms with E-state index in [0.717, 1.165) is 17.6 Å². The van der Waals surface area contributed by atoms with Crippen LogP contribution >= 0.6 is 0 Å². The van der Waals surface area contributed by atoms with Crippen LogP contribution in [0.3, 0.4) is 0 Å². The summed E-state index contributed by atoms with van der Waals surface area (Å²) in [4.78, 5) is 12.1. The molecule has 1 saturated carbocycles. The van der Waals surface area contributed by atoms with Crippen LogP contribution in [0.2, 0.25) is 0 Å². The first-order valence-corrected chi connectivity index (χ1v) is 8.85. The Bertz CT molecular complexity index is 642. The highest BCUT2D eigenvalue weighted by atomic mass is 15.2. The second kappa shape index (κ2) is 5.99. The summed E-state index contributed by atoms with van der Waals surface area (Å²) in [5.41, 5.74) is 2.17. The van der Waals surface area contributed by atoms with E-state index in [9.17, 15) is 0 Å². The molecule has 1 saturated heterocycles. The molecule has 118 valence electrons. The quantitative estimate of drug-likeness (QED) is 0.868. The van der Waals surface area contributed by atoms with Crippen molar-refractivity contribution in [3.8, 4) is 0 Å². The van der Waals surface area contributed by atoms with E-state index in [-0.39, 0.29) is 0 Å². The van der Waals surface area contributed by atoms with Crippen molar-refractivity contribution in [3.63, 3.8) is 0 Å². The van der Waals surface area contributed by atoms with Gasteiger partial charge in [0, 0.05) is 24.7 Å². The number of likely N-dealkylation sites (N-methyl/N-ethyl adjacent to an activating group) is 1. The molecule has 0 amide bonds. The monoisotopic (exact) mass is 298 g/mol. The van der Waals surface area contributed by atoms with Gasteiger partial charge in [-0.05, 0) is 51.4 Å². The van der Waals surface area contributed by atoms with E-state index in [1.54, 1.807) is 0 Å². The van der Waals surface area contributed by atoms with Gasteiger partial charge in [0.25, 0.3) is 0 Å². The molecule has 1 atom stereocenters. The molecule has 4 heteroatoms. The second-order valence-corrected chi connectivity index (χ2v) is 7.02. The predicted molar refractivity (Wildman–Crippen MR) is 89.0 cm³/mol. The molecule has 0 spiro atoms. The van der Waals surface area contributed by atoms with Crippen molar-refractivity contribution in [1.82, 2.24) is 19.4 Å². The van der Waals surface area contributed by atoms with Gasteiger partial charge >= 0.3 is 0 Å². The Hall–Kier alpha value is -1.42. The number of fused-ring (bicyclic) bond motifs is 1. The van der Waals surface area contributed by atoms with Gasteiger partial charge in [-0.2, -0.15) is 0 Å². The molecule has 1 unspecified atom stereocenters. The van der Waals surface area contributed by atoms with Crippen LogP contribution in [-0.4, -0.2) is 39.1 Å². The fourth-order valence-corrected chi connectivity index (χ4v) is 4.29. The standard InChI is InChI=1S/C18H26N4/c1-21-12-6-9-15(21)13-17-20-16-10-5-11-19-18(16)22(17)14-7-3-2-4-8-14/h5,10-11,14-15H,2-4,6-9,12-13H2,1H3. The first-order valence-electron chi connectivity index (χ1n) is 8.85. The van der Waals surface area contributed by atoms with Crippen molar-refractivity contribution in [2.45, 2.75) is 63.5 Å².